The summed E-state index contributed by atoms with van der Waals surface area (Å²) in [5.74, 6) is 0.967. The third kappa shape index (κ3) is 2.43. The van der Waals surface area contributed by atoms with Crippen molar-refractivity contribution < 1.29 is 4.74 Å². The number of rotatable bonds is 3. The van der Waals surface area contributed by atoms with Gasteiger partial charge >= 0.3 is 0 Å². The summed E-state index contributed by atoms with van der Waals surface area (Å²) >= 11 is 0. The van der Waals surface area contributed by atoms with Crippen molar-refractivity contribution in [2.75, 3.05) is 7.11 Å². The molecule has 2 aliphatic rings. The number of ether oxygens (including phenoxy) is 1. The molecule has 0 bridgehead atoms. The lowest BCUT2D eigenvalue weighted by Crippen LogP contribution is -2.27. The SMILES string of the molecule is COC1=CCC2=C(C=CCC2)N1Cc1ccccc1. The Labute approximate surface area is 114 Å². The Morgan fingerprint density at radius 2 is 2.05 bits per heavy atom. The number of methoxy groups -OCH3 is 1. The van der Waals surface area contributed by atoms with Crippen LogP contribution in [0.25, 0.3) is 0 Å². The van der Waals surface area contributed by atoms with Crippen molar-refractivity contribution in [1.82, 2.24) is 4.90 Å². The molecule has 0 amide bonds. The molecule has 0 saturated carbocycles. The average molecular weight is 253 g/mol. The van der Waals surface area contributed by atoms with Gasteiger partial charge in [-0.2, -0.15) is 0 Å². The van der Waals surface area contributed by atoms with Crippen molar-refractivity contribution >= 4 is 0 Å². The van der Waals surface area contributed by atoms with Crippen LogP contribution in [0.5, 0.6) is 0 Å². The van der Waals surface area contributed by atoms with Crippen LogP contribution in [0.15, 0.2) is 65.7 Å². The lowest BCUT2D eigenvalue weighted by atomic mass is 9.95. The predicted octanol–water partition coefficient (Wildman–Crippen LogP) is 3.98. The van der Waals surface area contributed by atoms with Gasteiger partial charge in [0, 0.05) is 5.70 Å². The maximum absolute atomic E-state index is 5.54. The van der Waals surface area contributed by atoms with Crippen LogP contribution < -0.4 is 0 Å². The Kier molecular flexibility index (Phi) is 3.41. The molecule has 0 unspecified atom stereocenters. The third-order valence-electron chi connectivity index (χ3n) is 3.72. The molecule has 0 atom stereocenters. The molecule has 1 aromatic rings. The van der Waals surface area contributed by atoms with Crippen molar-refractivity contribution in [3.63, 3.8) is 0 Å². The fraction of sp³-hybridized carbons (Fsp3) is 0.294. The molecule has 1 aromatic carbocycles. The van der Waals surface area contributed by atoms with Crippen molar-refractivity contribution in [2.45, 2.75) is 25.8 Å². The number of benzene rings is 1. The molecule has 2 nitrogen and oxygen atoms in total. The Bertz CT molecular complexity index is 540. The summed E-state index contributed by atoms with van der Waals surface area (Å²) in [4.78, 5) is 2.28. The lowest BCUT2D eigenvalue weighted by molar-refractivity contribution is 0.171. The van der Waals surface area contributed by atoms with Crippen LogP contribution in [0.2, 0.25) is 0 Å². The van der Waals surface area contributed by atoms with Gasteiger partial charge in [0.15, 0.2) is 5.88 Å². The fourth-order valence-corrected chi connectivity index (χ4v) is 2.75. The first-order chi connectivity index (χ1) is 9.38. The first kappa shape index (κ1) is 12.1. The van der Waals surface area contributed by atoms with Gasteiger partial charge in [-0.15, -0.1) is 0 Å². The maximum Gasteiger partial charge on any atom is 0.189 e. The van der Waals surface area contributed by atoms with E-state index < -0.39 is 0 Å². The summed E-state index contributed by atoms with van der Waals surface area (Å²) in [7, 11) is 1.75. The molecule has 0 fully saturated rings. The molecule has 1 aliphatic carbocycles. The van der Waals surface area contributed by atoms with E-state index in [0.29, 0.717) is 0 Å². The van der Waals surface area contributed by atoms with Gasteiger partial charge < -0.3 is 9.64 Å². The van der Waals surface area contributed by atoms with E-state index in [2.05, 4.69) is 53.5 Å². The molecule has 0 spiro atoms. The molecule has 1 aliphatic heterocycles. The molecule has 98 valence electrons. The van der Waals surface area contributed by atoms with Gasteiger partial charge in [0.2, 0.25) is 0 Å². The fourth-order valence-electron chi connectivity index (χ4n) is 2.75. The average Bonchev–Trinajstić information content (AvgIpc) is 2.49. The summed E-state index contributed by atoms with van der Waals surface area (Å²) in [5.41, 5.74) is 4.16. The van der Waals surface area contributed by atoms with E-state index in [1.54, 1.807) is 7.11 Å². The maximum atomic E-state index is 5.54. The molecular weight excluding hydrogens is 234 g/mol. The highest BCUT2D eigenvalue weighted by molar-refractivity contribution is 5.36. The highest BCUT2D eigenvalue weighted by Crippen LogP contribution is 2.33. The second-order valence-corrected chi connectivity index (χ2v) is 4.95. The van der Waals surface area contributed by atoms with Crippen molar-refractivity contribution in [3.05, 3.63) is 71.3 Å². The number of hydrogen-bond donors (Lipinski definition) is 0. The third-order valence-corrected chi connectivity index (χ3v) is 3.72. The number of hydrogen-bond acceptors (Lipinski definition) is 2. The molecular formula is C17H19NO. The number of nitrogens with zero attached hydrogens (tertiary/aromatic N) is 1. The van der Waals surface area contributed by atoms with Crippen molar-refractivity contribution in [3.8, 4) is 0 Å². The van der Waals surface area contributed by atoms with Crippen molar-refractivity contribution in [1.29, 1.82) is 0 Å². The van der Waals surface area contributed by atoms with E-state index >= 15 is 0 Å². The van der Waals surface area contributed by atoms with Crippen molar-refractivity contribution in [2.24, 2.45) is 0 Å². The largest absolute Gasteiger partial charge is 0.482 e. The van der Waals surface area contributed by atoms with Gasteiger partial charge in [-0.1, -0.05) is 36.4 Å². The highest BCUT2D eigenvalue weighted by Gasteiger charge is 2.22. The Balaban J connectivity index is 1.90. The molecule has 0 radical (unpaired) electrons. The zero-order valence-corrected chi connectivity index (χ0v) is 11.3. The smallest absolute Gasteiger partial charge is 0.189 e. The van der Waals surface area contributed by atoms with E-state index in [9.17, 15) is 0 Å². The topological polar surface area (TPSA) is 12.5 Å². The first-order valence-corrected chi connectivity index (χ1v) is 6.82. The van der Waals surface area contributed by atoms with Crippen LogP contribution in [-0.4, -0.2) is 12.0 Å². The molecule has 3 rings (SSSR count). The summed E-state index contributed by atoms with van der Waals surface area (Å²) in [5, 5.41) is 0. The van der Waals surface area contributed by atoms with Gasteiger partial charge in [0.1, 0.15) is 0 Å². The Hall–Kier alpha value is -1.96. The quantitative estimate of drug-likeness (QED) is 0.807. The van der Waals surface area contributed by atoms with E-state index in [-0.39, 0.29) is 0 Å². The van der Waals surface area contributed by atoms with E-state index in [4.69, 9.17) is 4.74 Å². The summed E-state index contributed by atoms with van der Waals surface area (Å²) in [6.07, 6.45) is 10.1. The lowest BCUT2D eigenvalue weighted by Gasteiger charge is -2.33. The second-order valence-electron chi connectivity index (χ2n) is 4.95. The van der Waals surface area contributed by atoms with Gasteiger partial charge in [0.25, 0.3) is 0 Å². The molecule has 2 heteroatoms. The van der Waals surface area contributed by atoms with Gasteiger partial charge in [-0.3, -0.25) is 0 Å². The summed E-state index contributed by atoms with van der Waals surface area (Å²) in [6, 6.07) is 10.5. The standard InChI is InChI=1S/C17H19NO/c1-19-17-12-11-15-9-5-6-10-16(15)18(17)13-14-7-3-2-4-8-14/h2-4,6-8,10,12H,5,9,11,13H2,1H3. The predicted molar refractivity (Wildman–Crippen MR) is 77.1 cm³/mol. The Morgan fingerprint density at radius 3 is 2.84 bits per heavy atom. The van der Waals surface area contributed by atoms with E-state index in [1.165, 1.54) is 23.3 Å². The van der Waals surface area contributed by atoms with E-state index in [0.717, 1.165) is 25.3 Å². The van der Waals surface area contributed by atoms with Crippen LogP contribution in [0.1, 0.15) is 24.8 Å². The van der Waals surface area contributed by atoms with Crippen LogP contribution in [0.4, 0.5) is 0 Å². The molecule has 0 N–H and O–H groups in total. The second kappa shape index (κ2) is 5.35. The molecule has 19 heavy (non-hydrogen) atoms. The van der Waals surface area contributed by atoms with E-state index in [1.807, 2.05) is 0 Å². The summed E-state index contributed by atoms with van der Waals surface area (Å²) in [6.45, 7) is 0.865. The monoisotopic (exact) mass is 253 g/mol. The zero-order chi connectivity index (χ0) is 13.1. The van der Waals surface area contributed by atoms with Gasteiger partial charge in [0.05, 0.1) is 13.7 Å². The highest BCUT2D eigenvalue weighted by atomic mass is 16.5. The minimum atomic E-state index is 0.865. The normalized spacial score (nSPS) is 18.2. The van der Waals surface area contributed by atoms with Crippen LogP contribution >= 0.6 is 0 Å². The van der Waals surface area contributed by atoms with Crippen LogP contribution in [0, 0.1) is 0 Å². The molecule has 0 saturated heterocycles. The van der Waals surface area contributed by atoms with Crippen LogP contribution in [0.3, 0.4) is 0 Å². The van der Waals surface area contributed by atoms with Crippen LogP contribution in [-0.2, 0) is 11.3 Å². The Morgan fingerprint density at radius 1 is 1.21 bits per heavy atom. The number of allylic oxidation sites excluding steroid dienone is 4. The van der Waals surface area contributed by atoms with Gasteiger partial charge in [-0.05, 0) is 42.6 Å². The van der Waals surface area contributed by atoms with Gasteiger partial charge in [-0.25, -0.2) is 0 Å². The first-order valence-electron chi connectivity index (χ1n) is 6.82. The minimum absolute atomic E-state index is 0.865. The molecule has 1 heterocycles. The molecule has 0 aromatic heterocycles. The summed E-state index contributed by atoms with van der Waals surface area (Å²) < 4.78 is 5.54. The zero-order valence-electron chi connectivity index (χ0n) is 11.3. The minimum Gasteiger partial charge on any atom is -0.482 e.